The van der Waals surface area contributed by atoms with E-state index < -0.39 is 0 Å². The molecule has 3 aliphatic rings. The molecule has 1 amide bonds. The summed E-state index contributed by atoms with van der Waals surface area (Å²) in [7, 11) is 0. The molecule has 1 N–H and O–H groups in total. The summed E-state index contributed by atoms with van der Waals surface area (Å²) in [4.78, 5) is 17.0. The highest BCUT2D eigenvalue weighted by molar-refractivity contribution is 5.85. The van der Waals surface area contributed by atoms with Crippen LogP contribution in [0.4, 0.5) is 0 Å². The van der Waals surface area contributed by atoms with Crippen molar-refractivity contribution in [3.63, 3.8) is 0 Å². The largest absolute Gasteiger partial charge is 0.366 e. The van der Waals surface area contributed by atoms with Crippen LogP contribution in [0.1, 0.15) is 25.7 Å². The number of hydrogen-bond donors (Lipinski definition) is 1. The second kappa shape index (κ2) is 9.93. The highest BCUT2D eigenvalue weighted by atomic mass is 35.5. The molecule has 3 heterocycles. The van der Waals surface area contributed by atoms with Crippen LogP contribution in [0.2, 0.25) is 0 Å². The van der Waals surface area contributed by atoms with E-state index in [1.165, 1.54) is 32.5 Å². The zero-order chi connectivity index (χ0) is 13.8. The second-order valence-electron chi connectivity index (χ2n) is 6.34. The van der Waals surface area contributed by atoms with Gasteiger partial charge in [-0.05, 0) is 44.7 Å². The number of carbonyl (C=O) groups is 1. The molecule has 5 nitrogen and oxygen atoms in total. The second-order valence-corrected chi connectivity index (χ2v) is 6.34. The van der Waals surface area contributed by atoms with Gasteiger partial charge in [0.2, 0.25) is 0 Å². The third kappa shape index (κ3) is 5.24. The van der Waals surface area contributed by atoms with Crippen LogP contribution in [-0.2, 0) is 9.53 Å². The quantitative estimate of drug-likeness (QED) is 0.826. The monoisotopic (exact) mass is 353 g/mol. The first-order valence-electron chi connectivity index (χ1n) is 8.16. The number of hydrogen-bond acceptors (Lipinski definition) is 4. The molecule has 3 fully saturated rings. The summed E-state index contributed by atoms with van der Waals surface area (Å²) in [5.74, 6) is 0.972. The number of morpholine rings is 1. The molecule has 3 aliphatic heterocycles. The zero-order valence-corrected chi connectivity index (χ0v) is 14.8. The molecule has 0 aromatic rings. The number of nitrogens with zero attached hydrogens (tertiary/aromatic N) is 2. The summed E-state index contributed by atoms with van der Waals surface area (Å²) in [6, 6.07) is 0. The summed E-state index contributed by atoms with van der Waals surface area (Å²) in [6.45, 7) is 7.81. The lowest BCUT2D eigenvalue weighted by Crippen LogP contribution is -2.51. The Morgan fingerprint density at radius 1 is 1.09 bits per heavy atom. The van der Waals surface area contributed by atoms with Gasteiger partial charge in [0.25, 0.3) is 5.91 Å². The van der Waals surface area contributed by atoms with Crippen molar-refractivity contribution < 1.29 is 9.53 Å². The minimum Gasteiger partial charge on any atom is -0.366 e. The molecule has 0 spiro atoms. The lowest BCUT2D eigenvalue weighted by atomic mass is 9.96. The Bertz CT molecular complexity index is 327. The molecule has 0 aromatic heterocycles. The number of halogens is 2. The number of nitrogens with one attached hydrogen (secondary N) is 1. The van der Waals surface area contributed by atoms with Crippen LogP contribution in [0, 0.1) is 5.92 Å². The van der Waals surface area contributed by atoms with E-state index in [0.717, 1.165) is 38.4 Å². The third-order valence-corrected chi connectivity index (χ3v) is 4.84. The number of carbonyl (C=O) groups excluding carboxylic acids is 1. The fraction of sp³-hybridized carbons (Fsp3) is 0.933. The number of likely N-dealkylation sites (tertiary alicyclic amines) is 2. The molecule has 0 saturated carbocycles. The molecule has 0 aliphatic carbocycles. The fourth-order valence-electron chi connectivity index (χ4n) is 3.59. The molecule has 1 atom stereocenters. The molecule has 0 bridgehead atoms. The molecule has 0 radical (unpaired) electrons. The van der Waals surface area contributed by atoms with E-state index >= 15 is 0 Å². The van der Waals surface area contributed by atoms with E-state index in [-0.39, 0.29) is 36.8 Å². The summed E-state index contributed by atoms with van der Waals surface area (Å²) >= 11 is 0. The first-order chi connectivity index (χ1) is 9.83. The summed E-state index contributed by atoms with van der Waals surface area (Å²) < 4.78 is 5.57. The number of piperidine rings is 1. The maximum absolute atomic E-state index is 12.4. The minimum absolute atomic E-state index is 0. The van der Waals surface area contributed by atoms with E-state index in [1.54, 1.807) is 0 Å². The topological polar surface area (TPSA) is 44.8 Å². The smallest absolute Gasteiger partial charge is 0.253 e. The van der Waals surface area contributed by atoms with Crippen molar-refractivity contribution in [3.8, 4) is 0 Å². The van der Waals surface area contributed by atoms with Crippen molar-refractivity contribution in [3.05, 3.63) is 0 Å². The summed E-state index contributed by atoms with van der Waals surface area (Å²) in [5.41, 5.74) is 0. The maximum Gasteiger partial charge on any atom is 0.253 e. The van der Waals surface area contributed by atoms with Gasteiger partial charge in [0.05, 0.1) is 6.61 Å². The molecule has 3 saturated heterocycles. The molecule has 0 aromatic carbocycles. The molecule has 1 unspecified atom stereocenters. The average Bonchev–Trinajstić information content (AvgIpc) is 3.01. The molecule has 3 rings (SSSR count). The average molecular weight is 354 g/mol. The van der Waals surface area contributed by atoms with Crippen molar-refractivity contribution in [2.45, 2.75) is 31.8 Å². The van der Waals surface area contributed by atoms with Crippen LogP contribution in [0.5, 0.6) is 0 Å². The Labute approximate surface area is 145 Å². The van der Waals surface area contributed by atoms with Gasteiger partial charge in [0, 0.05) is 32.7 Å². The summed E-state index contributed by atoms with van der Waals surface area (Å²) in [5, 5.41) is 3.23. The molecule has 22 heavy (non-hydrogen) atoms. The van der Waals surface area contributed by atoms with Gasteiger partial charge in [0.15, 0.2) is 0 Å². The highest BCUT2D eigenvalue weighted by Gasteiger charge is 2.30. The van der Waals surface area contributed by atoms with E-state index in [1.807, 2.05) is 4.90 Å². The SMILES string of the molecule is Cl.Cl.O=C(C1CNCCO1)N1CCC(CN2CCCC2)CC1. The van der Waals surface area contributed by atoms with Crippen LogP contribution in [0.15, 0.2) is 0 Å². The van der Waals surface area contributed by atoms with E-state index in [2.05, 4.69) is 10.2 Å². The molecule has 7 heteroatoms. The number of rotatable bonds is 3. The van der Waals surface area contributed by atoms with Crippen LogP contribution >= 0.6 is 24.8 Å². The van der Waals surface area contributed by atoms with Gasteiger partial charge in [-0.2, -0.15) is 0 Å². The number of ether oxygens (including phenoxy) is 1. The zero-order valence-electron chi connectivity index (χ0n) is 13.2. The van der Waals surface area contributed by atoms with Crippen molar-refractivity contribution in [2.75, 3.05) is 52.4 Å². The van der Waals surface area contributed by atoms with Crippen LogP contribution < -0.4 is 5.32 Å². The van der Waals surface area contributed by atoms with Crippen molar-refractivity contribution in [1.29, 1.82) is 0 Å². The predicted molar refractivity (Wildman–Crippen MR) is 92.1 cm³/mol. The predicted octanol–water partition coefficient (Wildman–Crippen LogP) is 1.15. The Morgan fingerprint density at radius 2 is 1.77 bits per heavy atom. The lowest BCUT2D eigenvalue weighted by Gasteiger charge is -2.36. The summed E-state index contributed by atoms with van der Waals surface area (Å²) in [6.07, 6.45) is 4.79. The van der Waals surface area contributed by atoms with Gasteiger partial charge < -0.3 is 19.9 Å². The van der Waals surface area contributed by atoms with E-state index in [4.69, 9.17) is 4.74 Å². The highest BCUT2D eigenvalue weighted by Crippen LogP contribution is 2.21. The van der Waals surface area contributed by atoms with E-state index in [0.29, 0.717) is 13.2 Å². The van der Waals surface area contributed by atoms with Gasteiger partial charge in [-0.15, -0.1) is 24.8 Å². The number of amides is 1. The van der Waals surface area contributed by atoms with Crippen LogP contribution in [0.3, 0.4) is 0 Å². The van der Waals surface area contributed by atoms with Gasteiger partial charge >= 0.3 is 0 Å². The Kier molecular flexibility index (Phi) is 9.02. The van der Waals surface area contributed by atoms with Gasteiger partial charge in [0.1, 0.15) is 6.10 Å². The molecular weight excluding hydrogens is 325 g/mol. The first kappa shape index (κ1) is 20.0. The van der Waals surface area contributed by atoms with Crippen LogP contribution in [0.25, 0.3) is 0 Å². The lowest BCUT2D eigenvalue weighted by molar-refractivity contribution is -0.146. The minimum atomic E-state index is -0.251. The normalized spacial score (nSPS) is 27.1. The standard InChI is InChI=1S/C15H27N3O2.2ClH/c19-15(14-11-16-5-10-20-14)18-8-3-13(4-9-18)12-17-6-1-2-7-17;;/h13-14,16H,1-12H2;2*1H. The van der Waals surface area contributed by atoms with Crippen molar-refractivity contribution >= 4 is 30.7 Å². The first-order valence-corrected chi connectivity index (χ1v) is 8.16. The van der Waals surface area contributed by atoms with Crippen molar-refractivity contribution in [1.82, 2.24) is 15.1 Å². The molecule has 130 valence electrons. The van der Waals surface area contributed by atoms with E-state index in [9.17, 15) is 4.79 Å². The fourth-order valence-corrected chi connectivity index (χ4v) is 3.59. The Morgan fingerprint density at radius 3 is 2.36 bits per heavy atom. The van der Waals surface area contributed by atoms with Crippen molar-refractivity contribution in [2.24, 2.45) is 5.92 Å². The third-order valence-electron chi connectivity index (χ3n) is 4.84. The van der Waals surface area contributed by atoms with Gasteiger partial charge in [-0.3, -0.25) is 4.79 Å². The van der Waals surface area contributed by atoms with Gasteiger partial charge in [-0.25, -0.2) is 0 Å². The molecular formula is C15H29Cl2N3O2. The van der Waals surface area contributed by atoms with Gasteiger partial charge in [-0.1, -0.05) is 0 Å². The Balaban J connectivity index is 0.00000121. The van der Waals surface area contributed by atoms with Crippen LogP contribution in [-0.4, -0.2) is 74.2 Å². The maximum atomic E-state index is 12.4. The Hall–Kier alpha value is -0.0700.